The van der Waals surface area contributed by atoms with Crippen LogP contribution in [0.4, 0.5) is 10.1 Å². The predicted octanol–water partition coefficient (Wildman–Crippen LogP) is 4.38. The number of oxazole rings is 1. The maximum Gasteiger partial charge on any atom is 0.223 e. The fourth-order valence-corrected chi connectivity index (χ4v) is 3.73. The van der Waals surface area contributed by atoms with E-state index in [1.54, 1.807) is 18.3 Å². The molecular weight excluding hydrogens is 381 g/mol. The molecule has 0 saturated carbocycles. The normalized spacial score (nSPS) is 14.2. The Morgan fingerprint density at radius 3 is 2.57 bits per heavy atom. The molecule has 4 rings (SSSR count). The van der Waals surface area contributed by atoms with Crippen LogP contribution in [-0.4, -0.2) is 42.0 Å². The van der Waals surface area contributed by atoms with Crippen molar-refractivity contribution in [1.82, 2.24) is 9.88 Å². The molecule has 1 saturated heterocycles. The van der Waals surface area contributed by atoms with E-state index in [2.05, 4.69) is 31.0 Å². The van der Waals surface area contributed by atoms with Crippen molar-refractivity contribution in [3.05, 3.63) is 71.5 Å². The van der Waals surface area contributed by atoms with E-state index in [9.17, 15) is 9.18 Å². The summed E-state index contributed by atoms with van der Waals surface area (Å²) >= 11 is 0. The maximum absolute atomic E-state index is 14.0. The number of piperazine rings is 1. The molecule has 30 heavy (non-hydrogen) atoms. The second kappa shape index (κ2) is 8.69. The Morgan fingerprint density at radius 1 is 1.07 bits per heavy atom. The van der Waals surface area contributed by atoms with Gasteiger partial charge in [-0.15, -0.1) is 0 Å². The molecule has 0 radical (unpaired) electrons. The Balaban J connectivity index is 1.30. The minimum Gasteiger partial charge on any atom is -0.441 e. The number of aryl methyl sites for hydroxylation is 3. The zero-order chi connectivity index (χ0) is 21.1. The van der Waals surface area contributed by atoms with Crippen molar-refractivity contribution >= 4 is 11.6 Å². The van der Waals surface area contributed by atoms with Gasteiger partial charge in [0.15, 0.2) is 11.7 Å². The van der Waals surface area contributed by atoms with E-state index < -0.39 is 0 Å². The molecule has 1 aliphatic heterocycles. The molecule has 0 spiro atoms. The molecule has 2 aromatic carbocycles. The third kappa shape index (κ3) is 4.37. The third-order valence-corrected chi connectivity index (χ3v) is 5.72. The second-order valence-corrected chi connectivity index (χ2v) is 7.74. The van der Waals surface area contributed by atoms with E-state index in [1.165, 1.54) is 17.2 Å². The molecule has 2 heterocycles. The summed E-state index contributed by atoms with van der Waals surface area (Å²) in [6.07, 6.45) is 2.54. The summed E-state index contributed by atoms with van der Waals surface area (Å²) in [5.74, 6) is 1.15. The molecule has 156 valence electrons. The summed E-state index contributed by atoms with van der Waals surface area (Å²) in [5, 5.41) is 0. The van der Waals surface area contributed by atoms with E-state index in [4.69, 9.17) is 4.42 Å². The van der Waals surface area contributed by atoms with Crippen molar-refractivity contribution in [2.24, 2.45) is 0 Å². The fourth-order valence-electron chi connectivity index (χ4n) is 3.73. The van der Waals surface area contributed by atoms with Crippen LogP contribution in [0, 0.1) is 19.7 Å². The van der Waals surface area contributed by atoms with Gasteiger partial charge in [-0.25, -0.2) is 9.37 Å². The maximum atomic E-state index is 14.0. The van der Waals surface area contributed by atoms with E-state index in [0.29, 0.717) is 50.6 Å². The average Bonchev–Trinajstić information content (AvgIpc) is 3.23. The lowest BCUT2D eigenvalue weighted by Crippen LogP contribution is -2.49. The number of nitrogens with zero attached hydrogens (tertiary/aromatic N) is 3. The van der Waals surface area contributed by atoms with Crippen LogP contribution in [0.3, 0.4) is 0 Å². The SMILES string of the molecule is Cc1ccc(-c2cnc(CCC(=O)N3CCN(c4ccccc4F)CC3)o2)cc1C. The van der Waals surface area contributed by atoms with E-state index in [0.717, 1.165) is 11.3 Å². The molecule has 3 aromatic rings. The zero-order valence-corrected chi connectivity index (χ0v) is 17.4. The van der Waals surface area contributed by atoms with Crippen molar-refractivity contribution < 1.29 is 13.6 Å². The highest BCUT2D eigenvalue weighted by Gasteiger charge is 2.23. The number of benzene rings is 2. The first-order valence-electron chi connectivity index (χ1n) is 10.3. The molecular formula is C24H26FN3O2. The lowest BCUT2D eigenvalue weighted by atomic mass is 10.1. The van der Waals surface area contributed by atoms with Crippen molar-refractivity contribution in [3.8, 4) is 11.3 Å². The summed E-state index contributed by atoms with van der Waals surface area (Å²) in [6, 6.07) is 12.9. The zero-order valence-electron chi connectivity index (χ0n) is 17.4. The van der Waals surface area contributed by atoms with Gasteiger partial charge >= 0.3 is 0 Å². The van der Waals surface area contributed by atoms with Gasteiger partial charge in [0.1, 0.15) is 5.82 Å². The largest absolute Gasteiger partial charge is 0.441 e. The molecule has 0 bridgehead atoms. The number of anilines is 1. The van der Waals surface area contributed by atoms with Gasteiger partial charge in [0, 0.05) is 44.6 Å². The first-order chi connectivity index (χ1) is 14.5. The molecule has 0 aliphatic carbocycles. The smallest absolute Gasteiger partial charge is 0.223 e. The summed E-state index contributed by atoms with van der Waals surface area (Å²) < 4.78 is 19.8. The molecule has 0 atom stereocenters. The number of amides is 1. The summed E-state index contributed by atoms with van der Waals surface area (Å²) in [5.41, 5.74) is 4.03. The van der Waals surface area contributed by atoms with Gasteiger partial charge < -0.3 is 14.2 Å². The van der Waals surface area contributed by atoms with Crippen LogP contribution in [-0.2, 0) is 11.2 Å². The van der Waals surface area contributed by atoms with Crippen LogP contribution < -0.4 is 4.90 Å². The number of hydrogen-bond donors (Lipinski definition) is 0. The summed E-state index contributed by atoms with van der Waals surface area (Å²) in [7, 11) is 0. The Morgan fingerprint density at radius 2 is 1.83 bits per heavy atom. The predicted molar refractivity (Wildman–Crippen MR) is 115 cm³/mol. The van der Waals surface area contributed by atoms with E-state index in [1.807, 2.05) is 21.9 Å². The van der Waals surface area contributed by atoms with Crippen molar-refractivity contribution in [3.63, 3.8) is 0 Å². The van der Waals surface area contributed by atoms with Gasteiger partial charge in [-0.05, 0) is 43.2 Å². The Hall–Kier alpha value is -3.15. The molecule has 1 amide bonds. The summed E-state index contributed by atoms with van der Waals surface area (Å²) in [6.45, 7) is 6.58. The highest BCUT2D eigenvalue weighted by molar-refractivity contribution is 5.76. The molecule has 1 aliphatic rings. The quantitative estimate of drug-likeness (QED) is 0.630. The second-order valence-electron chi connectivity index (χ2n) is 7.74. The minimum absolute atomic E-state index is 0.0779. The van der Waals surface area contributed by atoms with Gasteiger partial charge in [0.2, 0.25) is 5.91 Å². The molecule has 1 fully saturated rings. The number of aromatic nitrogens is 1. The van der Waals surface area contributed by atoms with E-state index >= 15 is 0 Å². The lowest BCUT2D eigenvalue weighted by Gasteiger charge is -2.36. The number of carbonyl (C=O) groups is 1. The van der Waals surface area contributed by atoms with Crippen molar-refractivity contribution in [1.29, 1.82) is 0 Å². The molecule has 1 aromatic heterocycles. The molecule has 6 heteroatoms. The van der Waals surface area contributed by atoms with Gasteiger partial charge in [0.25, 0.3) is 0 Å². The number of hydrogen-bond acceptors (Lipinski definition) is 4. The van der Waals surface area contributed by atoms with Crippen LogP contribution in [0.5, 0.6) is 0 Å². The van der Waals surface area contributed by atoms with Gasteiger partial charge in [-0.1, -0.05) is 24.3 Å². The Kier molecular flexibility index (Phi) is 5.84. The van der Waals surface area contributed by atoms with Gasteiger partial charge in [-0.2, -0.15) is 0 Å². The monoisotopic (exact) mass is 407 g/mol. The van der Waals surface area contributed by atoms with Crippen molar-refractivity contribution in [2.45, 2.75) is 26.7 Å². The van der Waals surface area contributed by atoms with Crippen LogP contribution in [0.1, 0.15) is 23.4 Å². The van der Waals surface area contributed by atoms with Gasteiger partial charge in [0.05, 0.1) is 11.9 Å². The first-order valence-corrected chi connectivity index (χ1v) is 10.3. The number of rotatable bonds is 5. The fraction of sp³-hybridized carbons (Fsp3) is 0.333. The van der Waals surface area contributed by atoms with Gasteiger partial charge in [-0.3, -0.25) is 4.79 Å². The minimum atomic E-state index is -0.222. The highest BCUT2D eigenvalue weighted by atomic mass is 19.1. The Bertz CT molecular complexity index is 1040. The Labute approximate surface area is 176 Å². The average molecular weight is 407 g/mol. The first kappa shape index (κ1) is 20.1. The van der Waals surface area contributed by atoms with Crippen LogP contribution in [0.2, 0.25) is 0 Å². The van der Waals surface area contributed by atoms with Crippen LogP contribution in [0.25, 0.3) is 11.3 Å². The van der Waals surface area contributed by atoms with Crippen LogP contribution in [0.15, 0.2) is 53.1 Å². The number of halogens is 1. The molecule has 0 unspecified atom stereocenters. The lowest BCUT2D eigenvalue weighted by molar-refractivity contribution is -0.131. The third-order valence-electron chi connectivity index (χ3n) is 5.72. The number of para-hydroxylation sites is 1. The topological polar surface area (TPSA) is 49.6 Å². The highest BCUT2D eigenvalue weighted by Crippen LogP contribution is 2.24. The molecule has 0 N–H and O–H groups in total. The van der Waals surface area contributed by atoms with E-state index in [-0.39, 0.29) is 11.7 Å². The molecule has 5 nitrogen and oxygen atoms in total. The van der Waals surface area contributed by atoms with Crippen LogP contribution >= 0.6 is 0 Å². The van der Waals surface area contributed by atoms with Crippen molar-refractivity contribution in [2.75, 3.05) is 31.1 Å². The number of carbonyl (C=O) groups excluding carboxylic acids is 1. The summed E-state index contributed by atoms with van der Waals surface area (Å²) in [4.78, 5) is 20.8. The standard InChI is InChI=1S/C24H26FN3O2/c1-17-7-8-19(15-18(17)2)22-16-26-23(30-22)9-10-24(29)28-13-11-27(12-14-28)21-6-4-3-5-20(21)25/h3-8,15-16H,9-14H2,1-2H3.